The van der Waals surface area contributed by atoms with Gasteiger partial charge in [0.1, 0.15) is 0 Å². The molecule has 7 heavy (non-hydrogen) atoms. The summed E-state index contributed by atoms with van der Waals surface area (Å²) in [5.74, 6) is 0. The Morgan fingerprint density at radius 1 is 0.857 bits per heavy atom. The summed E-state index contributed by atoms with van der Waals surface area (Å²) in [6.45, 7) is 5.00. The molecule has 0 heterocycles. The predicted octanol–water partition coefficient (Wildman–Crippen LogP) is 1.73. The van der Waals surface area contributed by atoms with Crippen molar-refractivity contribution in [3.05, 3.63) is 21.8 Å². The molecule has 0 aliphatic heterocycles. The zero-order valence-electron chi connectivity index (χ0n) is 4.93. The van der Waals surface area contributed by atoms with Gasteiger partial charge in [0, 0.05) is 42.1 Å². The molecule has 0 aromatic rings. The first-order valence-electron chi connectivity index (χ1n) is 0.707. The molecule has 0 rings (SSSR count). The minimum Gasteiger partial charge on any atom is -0.358 e. The van der Waals surface area contributed by atoms with Crippen molar-refractivity contribution in [2.45, 2.75) is 6.92 Å². The maximum atomic E-state index is 3.25. The Labute approximate surface area is 91.0 Å². The average Bonchev–Trinajstić information content (AvgIpc) is 1.00. The summed E-state index contributed by atoms with van der Waals surface area (Å²) in [5.41, 5.74) is 0. The molecule has 0 fully saturated rings. The summed E-state index contributed by atoms with van der Waals surface area (Å²) in [5, 5.41) is 0. The zero-order chi connectivity index (χ0) is 2.00. The minimum absolute atomic E-state index is 0. The molecule has 0 amide bonds. The number of rotatable bonds is 0. The van der Waals surface area contributed by atoms with Crippen molar-refractivity contribution in [2.75, 3.05) is 0 Å². The van der Waals surface area contributed by atoms with Crippen LogP contribution in [-0.2, 0) is 63.2 Å². The van der Waals surface area contributed by atoms with Crippen LogP contribution in [0.2, 0.25) is 0 Å². The van der Waals surface area contributed by atoms with Crippen molar-refractivity contribution >= 4 is 0 Å². The molecule has 0 radical (unpaired) electrons. The van der Waals surface area contributed by atoms with E-state index in [9.17, 15) is 0 Å². The second-order valence-corrected chi connectivity index (χ2v) is 0. The standard InChI is InChI=1S/C2H5.2CH3.3W/c1-2;;;;;/h1H2,2H3;2*1H3;;;/q3*-1;;;+2. The summed E-state index contributed by atoms with van der Waals surface area (Å²) in [4.78, 5) is 0. The third-order valence-corrected chi connectivity index (χ3v) is 0. The molecule has 0 saturated carbocycles. The van der Waals surface area contributed by atoms with E-state index in [0.717, 1.165) is 0 Å². The fraction of sp³-hybridized carbons (Fsp3) is 0.250. The van der Waals surface area contributed by atoms with Crippen LogP contribution in [0.3, 0.4) is 0 Å². The fourth-order valence-electron chi connectivity index (χ4n) is 0. The smallest absolute Gasteiger partial charge is 0.358 e. The van der Waals surface area contributed by atoms with Crippen molar-refractivity contribution in [2.24, 2.45) is 0 Å². The first kappa shape index (κ1) is 62.8. The molecule has 0 atom stereocenters. The van der Waals surface area contributed by atoms with Gasteiger partial charge in [0.2, 0.25) is 0 Å². The van der Waals surface area contributed by atoms with Crippen molar-refractivity contribution in [1.82, 2.24) is 0 Å². The molecule has 0 nitrogen and oxygen atoms in total. The summed E-state index contributed by atoms with van der Waals surface area (Å²) >= 11 is 0. The molecular formula is C4H11W3-. The Morgan fingerprint density at radius 2 is 0.857 bits per heavy atom. The molecule has 0 aliphatic carbocycles. The van der Waals surface area contributed by atoms with E-state index < -0.39 is 0 Å². The fourth-order valence-corrected chi connectivity index (χ4v) is 0. The van der Waals surface area contributed by atoms with E-state index in [0.29, 0.717) is 0 Å². The third kappa shape index (κ3) is 69.6. The van der Waals surface area contributed by atoms with Gasteiger partial charge in [-0.25, -0.2) is 0 Å². The molecule has 0 aromatic carbocycles. The topological polar surface area (TPSA) is 0 Å². The summed E-state index contributed by atoms with van der Waals surface area (Å²) < 4.78 is 0. The maximum absolute atomic E-state index is 3.25. The van der Waals surface area contributed by atoms with Gasteiger partial charge in [-0.15, -0.1) is 0 Å². The predicted molar refractivity (Wildman–Crippen MR) is 23.9 cm³/mol. The van der Waals surface area contributed by atoms with Crippen LogP contribution in [-0.4, -0.2) is 0 Å². The first-order valence-corrected chi connectivity index (χ1v) is 0.707. The number of hydrogen-bond acceptors (Lipinski definition) is 0. The molecule has 0 N–H and O–H groups in total. The van der Waals surface area contributed by atoms with E-state index in [4.69, 9.17) is 0 Å². The molecule has 0 spiro atoms. The normalized spacial score (nSPS) is 0.857. The average molecular weight is 611 g/mol. The number of hydrogen-bond donors (Lipinski definition) is 0. The molecular weight excluding hydrogens is 600 g/mol. The quantitative estimate of drug-likeness (QED) is 0.367. The molecule has 0 unspecified atom stereocenters. The van der Waals surface area contributed by atoms with Crippen LogP contribution < -0.4 is 0 Å². The monoisotopic (exact) mass is 611 g/mol. The SMILES string of the molecule is [CH2-]C.[CH3-].[CH3-].[W+2].[W].[W]. The largest absolute Gasteiger partial charge is 2.00 e. The van der Waals surface area contributed by atoms with E-state index in [2.05, 4.69) is 6.92 Å². The van der Waals surface area contributed by atoms with E-state index in [-0.39, 0.29) is 78.0 Å². The van der Waals surface area contributed by atoms with Crippen LogP contribution in [0.25, 0.3) is 0 Å². The molecule has 0 aromatic heterocycles. The van der Waals surface area contributed by atoms with Gasteiger partial charge in [0.15, 0.2) is 0 Å². The summed E-state index contributed by atoms with van der Waals surface area (Å²) in [6.07, 6.45) is 0. The minimum atomic E-state index is 0. The van der Waals surface area contributed by atoms with E-state index in [1.807, 2.05) is 0 Å². The third-order valence-electron chi connectivity index (χ3n) is 0. The van der Waals surface area contributed by atoms with Gasteiger partial charge in [0.05, 0.1) is 0 Å². The summed E-state index contributed by atoms with van der Waals surface area (Å²) in [6, 6.07) is 0. The van der Waals surface area contributed by atoms with Crippen molar-refractivity contribution in [3.8, 4) is 0 Å². The molecule has 0 bridgehead atoms. The van der Waals surface area contributed by atoms with Crippen molar-refractivity contribution < 1.29 is 63.2 Å². The van der Waals surface area contributed by atoms with Gasteiger partial charge >= 0.3 is 21.1 Å². The zero-order valence-corrected chi connectivity index (χ0v) is 13.7. The van der Waals surface area contributed by atoms with Crippen LogP contribution in [0.1, 0.15) is 6.92 Å². The second-order valence-electron chi connectivity index (χ2n) is 0. The van der Waals surface area contributed by atoms with Crippen LogP contribution in [0.15, 0.2) is 0 Å². The molecule has 0 aliphatic rings. The van der Waals surface area contributed by atoms with Gasteiger partial charge in [-0.1, -0.05) is 0 Å². The van der Waals surface area contributed by atoms with E-state index in [1.54, 1.807) is 6.92 Å². The molecule has 0 saturated heterocycles. The Morgan fingerprint density at radius 3 is 0.857 bits per heavy atom. The molecule has 3 heteroatoms. The first-order chi connectivity index (χ1) is 1.00. The van der Waals surface area contributed by atoms with E-state index >= 15 is 0 Å². The van der Waals surface area contributed by atoms with Gasteiger partial charge in [-0.05, 0) is 0 Å². The Balaban J connectivity index is -0.000000000500. The van der Waals surface area contributed by atoms with Crippen molar-refractivity contribution in [1.29, 1.82) is 0 Å². The maximum Gasteiger partial charge on any atom is 2.00 e. The second kappa shape index (κ2) is 94.4. The Kier molecular flexibility index (Phi) is 847. The van der Waals surface area contributed by atoms with Crippen LogP contribution in [0.5, 0.6) is 0 Å². The Bertz CT molecular complexity index is 6.90. The van der Waals surface area contributed by atoms with Gasteiger partial charge in [-0.3, -0.25) is 0 Å². The Hall–Kier alpha value is 2.06. The van der Waals surface area contributed by atoms with Crippen molar-refractivity contribution in [3.63, 3.8) is 0 Å². The molecule has 46 valence electrons. The van der Waals surface area contributed by atoms with E-state index in [1.165, 1.54) is 0 Å². The van der Waals surface area contributed by atoms with Crippen LogP contribution in [0, 0.1) is 21.8 Å². The summed E-state index contributed by atoms with van der Waals surface area (Å²) in [7, 11) is 0. The van der Waals surface area contributed by atoms with Gasteiger partial charge in [0.25, 0.3) is 0 Å². The van der Waals surface area contributed by atoms with Gasteiger partial charge < -0.3 is 21.8 Å². The van der Waals surface area contributed by atoms with Crippen LogP contribution in [0.4, 0.5) is 0 Å². The van der Waals surface area contributed by atoms with Crippen LogP contribution >= 0.6 is 0 Å². The van der Waals surface area contributed by atoms with Gasteiger partial charge in [-0.2, -0.15) is 6.92 Å².